The summed E-state index contributed by atoms with van der Waals surface area (Å²) in [7, 11) is 0. The molecular weight excluding hydrogens is 192 g/mol. The van der Waals surface area contributed by atoms with Crippen LogP contribution in [0.1, 0.15) is 43.9 Å². The van der Waals surface area contributed by atoms with E-state index in [1.807, 2.05) is 0 Å². The van der Waals surface area contributed by atoms with E-state index in [-0.39, 0.29) is 0 Å². The van der Waals surface area contributed by atoms with Crippen LogP contribution >= 0.6 is 11.3 Å². The summed E-state index contributed by atoms with van der Waals surface area (Å²) in [5.74, 6) is 0.770. The lowest BCUT2D eigenvalue weighted by atomic mass is 10.1. The molecule has 0 aliphatic rings. The molecule has 0 spiro atoms. The van der Waals surface area contributed by atoms with Gasteiger partial charge in [0.2, 0.25) is 0 Å². The van der Waals surface area contributed by atoms with Crippen molar-refractivity contribution in [2.45, 2.75) is 40.2 Å². The quantitative estimate of drug-likeness (QED) is 0.811. The van der Waals surface area contributed by atoms with Crippen molar-refractivity contribution in [3.8, 4) is 0 Å². The summed E-state index contributed by atoms with van der Waals surface area (Å²) >= 11 is 1.72. The zero-order chi connectivity index (χ0) is 10.6. The van der Waals surface area contributed by atoms with Crippen molar-refractivity contribution in [1.29, 1.82) is 0 Å². The monoisotopic (exact) mass is 212 g/mol. The van der Waals surface area contributed by atoms with Gasteiger partial charge in [-0.05, 0) is 32.7 Å². The maximum Gasteiger partial charge on any atom is 0.0898 e. The van der Waals surface area contributed by atoms with Crippen LogP contribution in [0.15, 0.2) is 5.38 Å². The van der Waals surface area contributed by atoms with Crippen molar-refractivity contribution in [2.24, 2.45) is 5.92 Å². The fourth-order valence-corrected chi connectivity index (χ4v) is 1.98. The van der Waals surface area contributed by atoms with Crippen molar-refractivity contribution in [1.82, 2.24) is 10.3 Å². The maximum absolute atomic E-state index is 4.46. The molecule has 0 saturated carbocycles. The van der Waals surface area contributed by atoms with E-state index >= 15 is 0 Å². The summed E-state index contributed by atoms with van der Waals surface area (Å²) in [5.41, 5.74) is 1.18. The van der Waals surface area contributed by atoms with Gasteiger partial charge >= 0.3 is 0 Å². The molecule has 1 aromatic rings. The fraction of sp³-hybridized carbons (Fsp3) is 0.727. The molecule has 1 atom stereocenters. The second-order valence-corrected chi connectivity index (χ2v) is 5.21. The molecule has 1 N–H and O–H groups in total. The van der Waals surface area contributed by atoms with Gasteiger partial charge < -0.3 is 5.32 Å². The zero-order valence-corrected chi connectivity index (χ0v) is 10.3. The third-order valence-corrected chi connectivity index (χ3v) is 3.04. The smallest absolute Gasteiger partial charge is 0.0898 e. The number of hydrogen-bond donors (Lipinski definition) is 1. The highest BCUT2D eigenvalue weighted by Gasteiger charge is 2.07. The summed E-state index contributed by atoms with van der Waals surface area (Å²) in [5, 5.41) is 6.78. The van der Waals surface area contributed by atoms with Crippen molar-refractivity contribution < 1.29 is 0 Å². The van der Waals surface area contributed by atoms with E-state index in [2.05, 4.69) is 43.4 Å². The molecule has 0 aliphatic heterocycles. The summed E-state index contributed by atoms with van der Waals surface area (Å²) in [6.45, 7) is 9.80. The Kier molecular flexibility index (Phi) is 4.55. The molecule has 0 saturated heterocycles. The number of aromatic nitrogens is 1. The highest BCUT2D eigenvalue weighted by molar-refractivity contribution is 7.09. The Morgan fingerprint density at radius 2 is 2.14 bits per heavy atom. The Labute approximate surface area is 90.8 Å². The highest BCUT2D eigenvalue weighted by Crippen LogP contribution is 2.15. The third-order valence-electron chi connectivity index (χ3n) is 2.25. The topological polar surface area (TPSA) is 24.9 Å². The van der Waals surface area contributed by atoms with Crippen LogP contribution in [0.2, 0.25) is 0 Å². The molecule has 0 aliphatic carbocycles. The first-order chi connectivity index (χ1) is 6.59. The van der Waals surface area contributed by atoms with Gasteiger partial charge in [-0.1, -0.05) is 13.8 Å². The zero-order valence-electron chi connectivity index (χ0n) is 9.50. The predicted molar refractivity (Wildman–Crippen MR) is 62.7 cm³/mol. The SMILES string of the molecule is Cc1nc(C(C)NCCC(C)C)cs1. The molecule has 0 radical (unpaired) electrons. The van der Waals surface area contributed by atoms with E-state index in [0.717, 1.165) is 17.5 Å². The molecule has 1 aromatic heterocycles. The second kappa shape index (κ2) is 5.47. The van der Waals surface area contributed by atoms with Gasteiger partial charge in [0, 0.05) is 11.4 Å². The first-order valence-corrected chi connectivity index (χ1v) is 6.13. The van der Waals surface area contributed by atoms with Crippen LogP contribution in [0.4, 0.5) is 0 Å². The van der Waals surface area contributed by atoms with E-state index in [1.165, 1.54) is 12.1 Å². The lowest BCUT2D eigenvalue weighted by Gasteiger charge is -2.12. The Hall–Kier alpha value is -0.410. The van der Waals surface area contributed by atoms with Gasteiger partial charge in [-0.3, -0.25) is 0 Å². The van der Waals surface area contributed by atoms with Crippen molar-refractivity contribution in [3.05, 3.63) is 16.1 Å². The molecule has 0 fully saturated rings. The Balaban J connectivity index is 2.32. The normalized spacial score (nSPS) is 13.5. The van der Waals surface area contributed by atoms with Crippen LogP contribution in [0.25, 0.3) is 0 Å². The molecule has 2 nitrogen and oxygen atoms in total. The van der Waals surface area contributed by atoms with Crippen LogP contribution < -0.4 is 5.32 Å². The third kappa shape index (κ3) is 3.76. The van der Waals surface area contributed by atoms with Crippen LogP contribution in [0, 0.1) is 12.8 Å². The van der Waals surface area contributed by atoms with E-state index in [1.54, 1.807) is 11.3 Å². The van der Waals surface area contributed by atoms with Gasteiger partial charge in [0.15, 0.2) is 0 Å². The van der Waals surface area contributed by atoms with E-state index in [9.17, 15) is 0 Å². The van der Waals surface area contributed by atoms with Crippen molar-refractivity contribution >= 4 is 11.3 Å². The first kappa shape index (κ1) is 11.7. The molecule has 0 aromatic carbocycles. The molecular formula is C11H20N2S. The van der Waals surface area contributed by atoms with Gasteiger partial charge in [0.05, 0.1) is 10.7 Å². The van der Waals surface area contributed by atoms with Crippen LogP contribution in [-0.2, 0) is 0 Å². The molecule has 1 unspecified atom stereocenters. The van der Waals surface area contributed by atoms with Crippen molar-refractivity contribution in [2.75, 3.05) is 6.54 Å². The molecule has 3 heteroatoms. The minimum atomic E-state index is 0.388. The Morgan fingerprint density at radius 1 is 1.43 bits per heavy atom. The number of aryl methyl sites for hydroxylation is 1. The lowest BCUT2D eigenvalue weighted by Crippen LogP contribution is -2.21. The Bertz CT molecular complexity index is 268. The minimum absolute atomic E-state index is 0.388. The van der Waals surface area contributed by atoms with Crippen LogP contribution in [0.3, 0.4) is 0 Å². The van der Waals surface area contributed by atoms with Gasteiger partial charge in [-0.2, -0.15) is 0 Å². The van der Waals surface area contributed by atoms with Gasteiger partial charge in [0.25, 0.3) is 0 Å². The number of rotatable bonds is 5. The molecule has 1 heterocycles. The van der Waals surface area contributed by atoms with Gasteiger partial charge in [-0.25, -0.2) is 4.98 Å². The molecule has 1 rings (SSSR count). The summed E-state index contributed by atoms with van der Waals surface area (Å²) in [4.78, 5) is 4.46. The fourth-order valence-electron chi connectivity index (χ4n) is 1.27. The Morgan fingerprint density at radius 3 is 2.64 bits per heavy atom. The van der Waals surface area contributed by atoms with Crippen LogP contribution in [0.5, 0.6) is 0 Å². The molecule has 80 valence electrons. The number of nitrogens with one attached hydrogen (secondary N) is 1. The predicted octanol–water partition coefficient (Wildman–Crippen LogP) is 3.15. The molecule has 0 bridgehead atoms. The standard InChI is InChI=1S/C11H20N2S/c1-8(2)5-6-12-9(3)11-7-14-10(4)13-11/h7-9,12H,5-6H2,1-4H3. The molecule has 0 amide bonds. The lowest BCUT2D eigenvalue weighted by molar-refractivity contribution is 0.492. The number of nitrogens with zero attached hydrogens (tertiary/aromatic N) is 1. The molecule has 14 heavy (non-hydrogen) atoms. The highest BCUT2D eigenvalue weighted by atomic mass is 32.1. The minimum Gasteiger partial charge on any atom is -0.309 e. The van der Waals surface area contributed by atoms with E-state index in [0.29, 0.717) is 6.04 Å². The summed E-state index contributed by atoms with van der Waals surface area (Å²) in [6, 6.07) is 0.388. The summed E-state index contributed by atoms with van der Waals surface area (Å²) < 4.78 is 0. The first-order valence-electron chi connectivity index (χ1n) is 5.25. The largest absolute Gasteiger partial charge is 0.309 e. The van der Waals surface area contributed by atoms with E-state index in [4.69, 9.17) is 0 Å². The van der Waals surface area contributed by atoms with Gasteiger partial charge in [-0.15, -0.1) is 11.3 Å². The van der Waals surface area contributed by atoms with E-state index < -0.39 is 0 Å². The van der Waals surface area contributed by atoms with Gasteiger partial charge in [0.1, 0.15) is 0 Å². The summed E-state index contributed by atoms with van der Waals surface area (Å²) in [6.07, 6.45) is 1.23. The average Bonchev–Trinajstić information content (AvgIpc) is 2.51. The van der Waals surface area contributed by atoms with Crippen molar-refractivity contribution in [3.63, 3.8) is 0 Å². The maximum atomic E-state index is 4.46. The van der Waals surface area contributed by atoms with Crippen LogP contribution in [-0.4, -0.2) is 11.5 Å². The number of thiazole rings is 1. The second-order valence-electron chi connectivity index (χ2n) is 4.15. The average molecular weight is 212 g/mol. The number of hydrogen-bond acceptors (Lipinski definition) is 3.